The molecule has 3 rings (SSSR count). The lowest BCUT2D eigenvalue weighted by molar-refractivity contribution is 0.0190. The van der Waals surface area contributed by atoms with Crippen LogP contribution in [-0.4, -0.2) is 28.1 Å². The molecule has 104 valence electrons. The molecule has 1 aliphatic rings. The molecule has 1 saturated carbocycles. The molecule has 2 atom stereocenters. The van der Waals surface area contributed by atoms with E-state index in [2.05, 4.69) is 21.0 Å². The molecule has 2 aromatic heterocycles. The Labute approximate surface area is 116 Å². The Kier molecular flexibility index (Phi) is 3.83. The van der Waals surface area contributed by atoms with Gasteiger partial charge < -0.3 is 4.74 Å². The van der Waals surface area contributed by atoms with E-state index in [1.807, 2.05) is 18.5 Å². The summed E-state index contributed by atoms with van der Waals surface area (Å²) >= 11 is 1.65. The van der Waals surface area contributed by atoms with Crippen LogP contribution in [-0.2, 0) is 11.2 Å². The first-order valence-corrected chi connectivity index (χ1v) is 7.68. The summed E-state index contributed by atoms with van der Waals surface area (Å²) in [4.78, 5) is 5.65. The maximum Gasteiger partial charge on any atom is 0.193 e. The third-order valence-corrected chi connectivity index (χ3v) is 4.40. The predicted octanol–water partition coefficient (Wildman–Crippen LogP) is 1.59. The molecule has 1 aliphatic carbocycles. The lowest BCUT2D eigenvalue weighted by Gasteiger charge is -2.25. The molecule has 2 aromatic rings. The number of nitrogens with zero attached hydrogens (tertiary/aromatic N) is 2. The first-order chi connectivity index (χ1) is 9.31. The van der Waals surface area contributed by atoms with Gasteiger partial charge in [-0.05, 0) is 25.7 Å². The van der Waals surface area contributed by atoms with Gasteiger partial charge in [0.2, 0.25) is 0 Å². The van der Waals surface area contributed by atoms with E-state index in [9.17, 15) is 0 Å². The van der Waals surface area contributed by atoms with Crippen LogP contribution in [0.15, 0.2) is 17.8 Å². The predicted molar refractivity (Wildman–Crippen MR) is 76.0 cm³/mol. The van der Waals surface area contributed by atoms with E-state index >= 15 is 0 Å². The molecule has 0 aromatic carbocycles. The molecule has 0 bridgehead atoms. The Bertz CT molecular complexity index is 505. The molecular formula is C13H20N4OS. The van der Waals surface area contributed by atoms with E-state index in [1.54, 1.807) is 11.3 Å². The number of fused-ring (bicyclic) bond motifs is 1. The molecule has 0 aliphatic heterocycles. The van der Waals surface area contributed by atoms with Crippen LogP contribution in [0.2, 0.25) is 0 Å². The highest BCUT2D eigenvalue weighted by Crippen LogP contribution is 2.36. The normalized spacial score (nSPS) is 18.8. The fourth-order valence-electron chi connectivity index (χ4n) is 2.57. The van der Waals surface area contributed by atoms with E-state index in [-0.39, 0.29) is 12.1 Å². The van der Waals surface area contributed by atoms with E-state index in [1.165, 1.54) is 12.8 Å². The number of hydrazine groups is 1. The molecule has 2 unspecified atom stereocenters. The van der Waals surface area contributed by atoms with Gasteiger partial charge in [-0.1, -0.05) is 0 Å². The second-order valence-electron chi connectivity index (χ2n) is 5.06. The third-order valence-electron chi connectivity index (χ3n) is 3.63. The smallest absolute Gasteiger partial charge is 0.193 e. The van der Waals surface area contributed by atoms with Crippen molar-refractivity contribution in [1.82, 2.24) is 14.8 Å². The molecular weight excluding hydrogens is 260 g/mol. The molecule has 2 heterocycles. The molecule has 1 fully saturated rings. The minimum absolute atomic E-state index is 0.136. The zero-order valence-electron chi connectivity index (χ0n) is 11.1. The number of ether oxygens (including phenoxy) is 1. The summed E-state index contributed by atoms with van der Waals surface area (Å²) in [5.41, 5.74) is 3.99. The Morgan fingerprint density at radius 2 is 2.47 bits per heavy atom. The number of hydrogen-bond acceptors (Lipinski definition) is 5. The van der Waals surface area contributed by atoms with Crippen molar-refractivity contribution in [1.29, 1.82) is 0 Å². The van der Waals surface area contributed by atoms with Gasteiger partial charge in [0.1, 0.15) is 0 Å². The van der Waals surface area contributed by atoms with Crippen LogP contribution in [0.5, 0.6) is 0 Å². The highest BCUT2D eigenvalue weighted by molar-refractivity contribution is 7.15. The summed E-state index contributed by atoms with van der Waals surface area (Å²) in [6.07, 6.45) is 7.62. The number of nitrogens with two attached hydrogens (primary N) is 1. The molecule has 5 nitrogen and oxygen atoms in total. The third kappa shape index (κ3) is 2.81. The van der Waals surface area contributed by atoms with E-state index in [0.29, 0.717) is 5.92 Å². The van der Waals surface area contributed by atoms with Gasteiger partial charge in [-0.3, -0.25) is 15.7 Å². The van der Waals surface area contributed by atoms with Gasteiger partial charge in [0.25, 0.3) is 0 Å². The summed E-state index contributed by atoms with van der Waals surface area (Å²) in [6.45, 7) is 2.77. The minimum Gasteiger partial charge on any atom is -0.377 e. The van der Waals surface area contributed by atoms with Crippen molar-refractivity contribution in [3.05, 3.63) is 23.5 Å². The zero-order valence-corrected chi connectivity index (χ0v) is 11.9. The fourth-order valence-corrected chi connectivity index (χ4v) is 3.29. The van der Waals surface area contributed by atoms with E-state index in [4.69, 9.17) is 10.6 Å². The minimum atomic E-state index is 0.136. The Balaban J connectivity index is 1.72. The van der Waals surface area contributed by atoms with Gasteiger partial charge in [-0.2, -0.15) is 0 Å². The average Bonchev–Trinajstić information content (AvgIpc) is 3.03. The maximum atomic E-state index is 5.87. The Morgan fingerprint density at radius 1 is 1.63 bits per heavy atom. The highest BCUT2D eigenvalue weighted by atomic mass is 32.1. The number of nitrogens with one attached hydrogen (secondary N) is 1. The average molecular weight is 280 g/mol. The maximum absolute atomic E-state index is 5.87. The summed E-state index contributed by atoms with van der Waals surface area (Å²) in [5, 5.41) is 2.04. The van der Waals surface area contributed by atoms with Gasteiger partial charge in [0, 0.05) is 30.8 Å². The highest BCUT2D eigenvalue weighted by Gasteiger charge is 2.37. The summed E-state index contributed by atoms with van der Waals surface area (Å²) in [6, 6.07) is 0.136. The van der Waals surface area contributed by atoms with Crippen molar-refractivity contribution >= 4 is 16.3 Å². The van der Waals surface area contributed by atoms with Gasteiger partial charge in [0.15, 0.2) is 4.96 Å². The molecule has 0 radical (unpaired) electrons. The van der Waals surface area contributed by atoms with Crippen molar-refractivity contribution in [3.63, 3.8) is 0 Å². The number of hydrogen-bond donors (Lipinski definition) is 2. The quantitative estimate of drug-likeness (QED) is 0.597. The summed E-state index contributed by atoms with van der Waals surface area (Å²) < 4.78 is 7.93. The lowest BCUT2D eigenvalue weighted by Crippen LogP contribution is -2.47. The van der Waals surface area contributed by atoms with E-state index in [0.717, 1.165) is 23.7 Å². The monoisotopic (exact) mass is 280 g/mol. The number of thiazole rings is 1. The van der Waals surface area contributed by atoms with E-state index < -0.39 is 0 Å². The number of imidazole rings is 1. The van der Waals surface area contributed by atoms with Crippen LogP contribution in [0.4, 0.5) is 0 Å². The Hall–Kier alpha value is -0.950. The van der Waals surface area contributed by atoms with Crippen molar-refractivity contribution < 1.29 is 4.74 Å². The second kappa shape index (κ2) is 5.58. The SMILES string of the molecule is CCOC(C1CC1)C(Cc1cn2ccsc2n1)NN. The first-order valence-electron chi connectivity index (χ1n) is 6.80. The topological polar surface area (TPSA) is 64.6 Å². The zero-order chi connectivity index (χ0) is 13.2. The van der Waals surface area contributed by atoms with Crippen LogP contribution in [0.3, 0.4) is 0 Å². The molecule has 0 saturated heterocycles. The lowest BCUT2D eigenvalue weighted by atomic mass is 10.0. The number of rotatable bonds is 7. The molecule has 6 heteroatoms. The molecule has 0 amide bonds. The van der Waals surface area contributed by atoms with Gasteiger partial charge in [-0.15, -0.1) is 11.3 Å². The van der Waals surface area contributed by atoms with Crippen molar-refractivity contribution in [2.45, 2.75) is 38.3 Å². The summed E-state index contributed by atoms with van der Waals surface area (Å²) in [7, 11) is 0. The van der Waals surface area contributed by atoms with Crippen LogP contribution in [0.25, 0.3) is 4.96 Å². The Morgan fingerprint density at radius 3 is 3.11 bits per heavy atom. The standard InChI is InChI=1S/C13H20N4OS/c1-2-18-12(9-3-4-9)11(16-14)7-10-8-17-5-6-19-13(17)15-10/h5-6,8-9,11-12,16H,2-4,7,14H2,1H3. The van der Waals surface area contributed by atoms with Crippen molar-refractivity contribution in [2.75, 3.05) is 6.61 Å². The van der Waals surface area contributed by atoms with Crippen molar-refractivity contribution in [3.8, 4) is 0 Å². The second-order valence-corrected chi connectivity index (χ2v) is 5.93. The summed E-state index contributed by atoms with van der Waals surface area (Å²) in [5.74, 6) is 6.38. The first kappa shape index (κ1) is 13.1. The fraction of sp³-hybridized carbons (Fsp3) is 0.615. The largest absolute Gasteiger partial charge is 0.377 e. The van der Waals surface area contributed by atoms with Crippen molar-refractivity contribution in [2.24, 2.45) is 11.8 Å². The number of aromatic nitrogens is 2. The molecule has 19 heavy (non-hydrogen) atoms. The van der Waals surface area contributed by atoms with Gasteiger partial charge >= 0.3 is 0 Å². The molecule has 0 spiro atoms. The van der Waals surface area contributed by atoms with Crippen LogP contribution < -0.4 is 11.3 Å². The van der Waals surface area contributed by atoms with Gasteiger partial charge in [-0.25, -0.2) is 4.98 Å². The van der Waals surface area contributed by atoms with Crippen LogP contribution in [0, 0.1) is 5.92 Å². The van der Waals surface area contributed by atoms with Crippen LogP contribution >= 0.6 is 11.3 Å². The molecule has 3 N–H and O–H groups in total. The van der Waals surface area contributed by atoms with Crippen LogP contribution in [0.1, 0.15) is 25.5 Å². The van der Waals surface area contributed by atoms with Gasteiger partial charge in [0.05, 0.1) is 17.8 Å².